The monoisotopic (exact) mass is 482 g/mol. The van der Waals surface area contributed by atoms with Gasteiger partial charge in [-0.15, -0.1) is 0 Å². The lowest BCUT2D eigenvalue weighted by molar-refractivity contribution is 0.411. The number of aryl methyl sites for hydroxylation is 1. The maximum absolute atomic E-state index is 5.00. The number of fused-ring (bicyclic) bond motifs is 7. The zero-order valence-corrected chi connectivity index (χ0v) is 23.0. The summed E-state index contributed by atoms with van der Waals surface area (Å²) >= 11 is 0. The Morgan fingerprint density at radius 3 is 2.22 bits per heavy atom. The highest BCUT2D eigenvalue weighted by Gasteiger charge is 2.23. The summed E-state index contributed by atoms with van der Waals surface area (Å²) in [5, 5.41) is 9.01. The van der Waals surface area contributed by atoms with Gasteiger partial charge in [0.05, 0.1) is 22.1 Å². The number of rotatable bonds is 1. The molecule has 37 heavy (non-hydrogen) atoms. The van der Waals surface area contributed by atoms with Gasteiger partial charge in [-0.3, -0.25) is 4.98 Å². The molecule has 0 aliphatic carbocycles. The first-order valence-corrected chi connectivity index (χ1v) is 13.4. The third-order valence-corrected chi connectivity index (χ3v) is 8.17. The number of hydrogen-bond acceptors (Lipinski definition) is 1. The van der Waals surface area contributed by atoms with Crippen molar-refractivity contribution in [1.82, 2.24) is 9.38 Å². The zero-order valence-electron chi connectivity index (χ0n) is 23.0. The van der Waals surface area contributed by atoms with Crippen molar-refractivity contribution < 1.29 is 0 Å². The summed E-state index contributed by atoms with van der Waals surface area (Å²) in [5.41, 5.74) is 9.38. The first-order chi connectivity index (χ1) is 17.5. The number of benzene rings is 4. The van der Waals surface area contributed by atoms with Crippen LogP contribution in [0.1, 0.15) is 58.2 Å². The minimum atomic E-state index is 0.0824. The van der Waals surface area contributed by atoms with Crippen LogP contribution in [0, 0.1) is 12.3 Å². The molecular formula is C35H34N2. The van der Waals surface area contributed by atoms with E-state index in [1.54, 1.807) is 0 Å². The van der Waals surface area contributed by atoms with Crippen LogP contribution < -0.4 is 0 Å². The lowest BCUT2D eigenvalue weighted by atomic mass is 9.86. The molecule has 0 N–H and O–H groups in total. The van der Waals surface area contributed by atoms with Crippen molar-refractivity contribution in [2.75, 3.05) is 0 Å². The van der Waals surface area contributed by atoms with Gasteiger partial charge in [-0.2, -0.15) is 0 Å². The average Bonchev–Trinajstić information content (AvgIpc) is 3.16. The van der Waals surface area contributed by atoms with Gasteiger partial charge in [0.1, 0.15) is 0 Å². The van der Waals surface area contributed by atoms with E-state index in [-0.39, 0.29) is 10.8 Å². The maximum Gasteiger partial charge on any atom is 0.0823 e. The normalized spacial score (nSPS) is 13.4. The SMILES string of the molecule is Cc1c2ccc(CC(C)(C)C)cc2cc2c3nccc4ccc5c6ccc(C(C)(C)C)cc6n(c12)c5c43. The van der Waals surface area contributed by atoms with Gasteiger partial charge in [-0.05, 0) is 75.2 Å². The van der Waals surface area contributed by atoms with E-state index in [2.05, 4.69) is 114 Å². The number of hydrogen-bond donors (Lipinski definition) is 0. The van der Waals surface area contributed by atoms with Crippen LogP contribution in [0.2, 0.25) is 0 Å². The van der Waals surface area contributed by atoms with E-state index in [0.29, 0.717) is 0 Å². The number of pyridine rings is 2. The Kier molecular flexibility index (Phi) is 4.40. The highest BCUT2D eigenvalue weighted by molar-refractivity contribution is 6.28. The Morgan fingerprint density at radius 1 is 0.703 bits per heavy atom. The van der Waals surface area contributed by atoms with Gasteiger partial charge in [-0.25, -0.2) is 0 Å². The number of nitrogens with zero attached hydrogens (tertiary/aromatic N) is 2. The molecule has 0 saturated carbocycles. The summed E-state index contributed by atoms with van der Waals surface area (Å²) in [4.78, 5) is 5.00. The van der Waals surface area contributed by atoms with Crippen molar-refractivity contribution in [3.63, 3.8) is 0 Å². The summed E-state index contributed by atoms with van der Waals surface area (Å²) in [7, 11) is 0. The molecule has 0 spiro atoms. The molecule has 4 aromatic carbocycles. The Morgan fingerprint density at radius 2 is 1.46 bits per heavy atom. The van der Waals surface area contributed by atoms with Gasteiger partial charge in [-0.1, -0.05) is 84.0 Å². The Balaban J connectivity index is 1.72. The minimum absolute atomic E-state index is 0.0824. The molecule has 2 nitrogen and oxygen atoms in total. The molecule has 0 amide bonds. The second kappa shape index (κ2) is 7.22. The van der Waals surface area contributed by atoms with Crippen LogP contribution in [-0.4, -0.2) is 9.38 Å². The lowest BCUT2D eigenvalue weighted by Crippen LogP contribution is -2.10. The fraction of sp³-hybridized carbons (Fsp3) is 0.286. The Bertz CT molecular complexity index is 2020. The fourth-order valence-electron chi connectivity index (χ4n) is 6.49. The first-order valence-electron chi connectivity index (χ1n) is 13.4. The summed E-state index contributed by atoms with van der Waals surface area (Å²) in [5.74, 6) is 0. The second-order valence-corrected chi connectivity index (χ2v) is 13.2. The van der Waals surface area contributed by atoms with Crippen molar-refractivity contribution in [3.8, 4) is 0 Å². The minimum Gasteiger partial charge on any atom is -0.308 e. The van der Waals surface area contributed by atoms with E-state index in [9.17, 15) is 0 Å². The van der Waals surface area contributed by atoms with Crippen LogP contribution in [0.5, 0.6) is 0 Å². The van der Waals surface area contributed by atoms with E-state index in [0.717, 1.165) is 11.9 Å². The quantitative estimate of drug-likeness (QED) is 0.168. The zero-order chi connectivity index (χ0) is 25.9. The van der Waals surface area contributed by atoms with E-state index in [1.807, 2.05) is 6.20 Å². The van der Waals surface area contributed by atoms with Gasteiger partial charge < -0.3 is 4.40 Å². The van der Waals surface area contributed by atoms with E-state index in [1.165, 1.54) is 70.9 Å². The average molecular weight is 483 g/mol. The van der Waals surface area contributed by atoms with Crippen molar-refractivity contribution in [2.45, 2.75) is 60.3 Å². The molecular weight excluding hydrogens is 448 g/mol. The van der Waals surface area contributed by atoms with Crippen molar-refractivity contribution in [2.24, 2.45) is 5.41 Å². The topological polar surface area (TPSA) is 17.3 Å². The van der Waals surface area contributed by atoms with Gasteiger partial charge >= 0.3 is 0 Å². The molecule has 2 heteroatoms. The van der Waals surface area contributed by atoms with Gasteiger partial charge in [0.15, 0.2) is 0 Å². The fourth-order valence-corrected chi connectivity index (χ4v) is 6.49. The van der Waals surface area contributed by atoms with Crippen LogP contribution in [0.3, 0.4) is 0 Å². The van der Waals surface area contributed by atoms with E-state index >= 15 is 0 Å². The van der Waals surface area contributed by atoms with E-state index < -0.39 is 0 Å². The summed E-state index contributed by atoms with van der Waals surface area (Å²) in [6, 6.07) is 23.2. The van der Waals surface area contributed by atoms with E-state index in [4.69, 9.17) is 4.98 Å². The maximum atomic E-state index is 5.00. The van der Waals surface area contributed by atoms with Gasteiger partial charge in [0, 0.05) is 27.7 Å². The van der Waals surface area contributed by atoms with Crippen LogP contribution in [0.25, 0.3) is 59.8 Å². The standard InChI is InChI=1S/C35H34N2/c1-20-25-11-8-21(19-34(2,3)4)16-23(25)17-28-31-30-22(14-15-36-31)9-12-27-26-13-10-24(35(5,6)7)18-29(26)37(32(20)28)33(27)30/h8-18H,19H2,1-7H3. The predicted octanol–water partition coefficient (Wildman–Crippen LogP) is 9.73. The molecule has 184 valence electrons. The molecule has 0 atom stereocenters. The van der Waals surface area contributed by atoms with Crippen molar-refractivity contribution in [1.29, 1.82) is 0 Å². The predicted molar refractivity (Wildman–Crippen MR) is 161 cm³/mol. The largest absolute Gasteiger partial charge is 0.308 e. The molecule has 3 aromatic heterocycles. The molecule has 0 bridgehead atoms. The summed E-state index contributed by atoms with van der Waals surface area (Å²) < 4.78 is 2.55. The molecule has 7 aromatic rings. The second-order valence-electron chi connectivity index (χ2n) is 13.2. The lowest BCUT2D eigenvalue weighted by Gasteiger charge is -2.20. The molecule has 0 radical (unpaired) electrons. The highest BCUT2D eigenvalue weighted by Crippen LogP contribution is 2.43. The third-order valence-electron chi connectivity index (χ3n) is 8.17. The number of aromatic nitrogens is 2. The van der Waals surface area contributed by atoms with Crippen LogP contribution >= 0.6 is 0 Å². The molecule has 7 rings (SSSR count). The smallest absolute Gasteiger partial charge is 0.0823 e. The van der Waals surface area contributed by atoms with Crippen molar-refractivity contribution >= 4 is 59.8 Å². The Labute approximate surface area is 218 Å². The molecule has 0 aliphatic heterocycles. The van der Waals surface area contributed by atoms with Crippen molar-refractivity contribution in [3.05, 3.63) is 83.6 Å². The van der Waals surface area contributed by atoms with Crippen LogP contribution in [-0.2, 0) is 11.8 Å². The molecule has 0 unspecified atom stereocenters. The molecule has 0 fully saturated rings. The molecule has 0 saturated heterocycles. The Hall–Kier alpha value is -3.65. The van der Waals surface area contributed by atoms with Gasteiger partial charge in [0.25, 0.3) is 0 Å². The molecule has 0 aliphatic rings. The first kappa shape index (κ1) is 22.5. The van der Waals surface area contributed by atoms with Crippen LogP contribution in [0.4, 0.5) is 0 Å². The molecule has 3 heterocycles. The highest BCUT2D eigenvalue weighted by atomic mass is 14.9. The third kappa shape index (κ3) is 3.21. The summed E-state index contributed by atoms with van der Waals surface area (Å²) in [6.45, 7) is 16.1. The van der Waals surface area contributed by atoms with Crippen LogP contribution in [0.15, 0.2) is 66.9 Å². The summed E-state index contributed by atoms with van der Waals surface area (Å²) in [6.07, 6.45) is 3.03. The van der Waals surface area contributed by atoms with Gasteiger partial charge in [0.2, 0.25) is 0 Å².